The van der Waals surface area contributed by atoms with Gasteiger partial charge in [0, 0.05) is 0 Å². The molecule has 28 heavy (non-hydrogen) atoms. The first-order chi connectivity index (χ1) is 13.6. The van der Waals surface area contributed by atoms with E-state index in [9.17, 15) is 4.79 Å². The van der Waals surface area contributed by atoms with Gasteiger partial charge in [0.15, 0.2) is 0 Å². The van der Waals surface area contributed by atoms with Gasteiger partial charge in [0.25, 0.3) is 0 Å². The summed E-state index contributed by atoms with van der Waals surface area (Å²) >= 11 is 1.57. The van der Waals surface area contributed by atoms with Crippen molar-refractivity contribution in [2.24, 2.45) is 0 Å². The number of fused-ring (bicyclic) bond motifs is 1. The highest BCUT2D eigenvalue weighted by Gasteiger charge is 2.22. The maximum atomic E-state index is 12.6. The largest absolute Gasteiger partial charge is 0.349 e. The van der Waals surface area contributed by atoms with E-state index in [0.717, 1.165) is 41.2 Å². The molecule has 2 aromatic carbocycles. The predicted octanol–water partition coefficient (Wildman–Crippen LogP) is 4.78. The lowest BCUT2D eigenvalue weighted by Crippen LogP contribution is -2.32. The number of hydrogen-bond acceptors (Lipinski definition) is 3. The van der Waals surface area contributed by atoms with Crippen LogP contribution in [0.15, 0.2) is 59.5 Å². The van der Waals surface area contributed by atoms with E-state index in [1.807, 2.05) is 41.9 Å². The van der Waals surface area contributed by atoms with Crippen molar-refractivity contribution in [1.29, 1.82) is 0 Å². The monoisotopic (exact) mass is 391 g/mol. The summed E-state index contributed by atoms with van der Waals surface area (Å²) in [7, 11) is 0. The van der Waals surface area contributed by atoms with Gasteiger partial charge in [-0.2, -0.15) is 5.10 Å². The smallest absolute Gasteiger partial charge is 0.230 e. The molecule has 4 rings (SSSR count). The SMILES string of the molecule is Cc1nn(-c2ccccc2)c(C)c1SCC(=O)N[C@@H]1CCCc2ccccc21. The minimum absolute atomic E-state index is 0.0814. The van der Waals surface area contributed by atoms with E-state index < -0.39 is 0 Å². The second-order valence-electron chi connectivity index (χ2n) is 7.25. The molecule has 0 unspecified atom stereocenters. The highest BCUT2D eigenvalue weighted by atomic mass is 32.2. The van der Waals surface area contributed by atoms with Crippen molar-refractivity contribution >= 4 is 17.7 Å². The van der Waals surface area contributed by atoms with Crippen LogP contribution in [0.5, 0.6) is 0 Å². The lowest BCUT2D eigenvalue weighted by Gasteiger charge is -2.26. The molecule has 144 valence electrons. The second-order valence-corrected chi connectivity index (χ2v) is 8.23. The van der Waals surface area contributed by atoms with Gasteiger partial charge in [-0.1, -0.05) is 42.5 Å². The van der Waals surface area contributed by atoms with Crippen LogP contribution in [-0.2, 0) is 11.2 Å². The van der Waals surface area contributed by atoms with Crippen LogP contribution in [0.3, 0.4) is 0 Å². The van der Waals surface area contributed by atoms with Crippen molar-refractivity contribution in [1.82, 2.24) is 15.1 Å². The number of hydrogen-bond donors (Lipinski definition) is 1. The van der Waals surface area contributed by atoms with E-state index in [1.54, 1.807) is 11.8 Å². The molecular weight excluding hydrogens is 366 g/mol. The maximum absolute atomic E-state index is 12.6. The molecule has 1 amide bonds. The molecule has 1 atom stereocenters. The summed E-state index contributed by atoms with van der Waals surface area (Å²) in [5, 5.41) is 7.90. The zero-order valence-electron chi connectivity index (χ0n) is 16.3. The van der Waals surface area contributed by atoms with Crippen LogP contribution in [0.1, 0.15) is 41.4 Å². The van der Waals surface area contributed by atoms with Gasteiger partial charge in [-0.3, -0.25) is 4.79 Å². The van der Waals surface area contributed by atoms with Crippen LogP contribution >= 0.6 is 11.8 Å². The molecule has 0 saturated heterocycles. The fourth-order valence-corrected chi connectivity index (χ4v) is 4.84. The summed E-state index contributed by atoms with van der Waals surface area (Å²) in [6.07, 6.45) is 3.24. The van der Waals surface area contributed by atoms with Crippen LogP contribution < -0.4 is 5.32 Å². The number of thioether (sulfide) groups is 1. The van der Waals surface area contributed by atoms with Crippen molar-refractivity contribution in [2.45, 2.75) is 44.0 Å². The highest BCUT2D eigenvalue weighted by molar-refractivity contribution is 8.00. The lowest BCUT2D eigenvalue weighted by atomic mass is 9.88. The number of rotatable bonds is 5. The molecule has 3 aromatic rings. The van der Waals surface area contributed by atoms with Crippen LogP contribution in [0.4, 0.5) is 0 Å². The van der Waals surface area contributed by atoms with Crippen LogP contribution in [0, 0.1) is 13.8 Å². The van der Waals surface area contributed by atoms with Crippen molar-refractivity contribution in [3.63, 3.8) is 0 Å². The van der Waals surface area contributed by atoms with Gasteiger partial charge < -0.3 is 5.32 Å². The normalized spacial score (nSPS) is 15.9. The van der Waals surface area contributed by atoms with Crippen LogP contribution in [-0.4, -0.2) is 21.4 Å². The number of nitrogens with one attached hydrogen (secondary N) is 1. The zero-order valence-corrected chi connectivity index (χ0v) is 17.1. The predicted molar refractivity (Wildman–Crippen MR) is 114 cm³/mol. The number of aryl methyl sites for hydroxylation is 2. The molecule has 0 spiro atoms. The third-order valence-corrected chi connectivity index (χ3v) is 6.56. The molecule has 1 heterocycles. The molecule has 0 radical (unpaired) electrons. The Balaban J connectivity index is 1.43. The molecule has 0 saturated carbocycles. The van der Waals surface area contributed by atoms with Crippen molar-refractivity contribution in [3.05, 3.63) is 77.1 Å². The first-order valence-electron chi connectivity index (χ1n) is 9.75. The summed E-state index contributed by atoms with van der Waals surface area (Å²) in [6, 6.07) is 18.7. The van der Waals surface area contributed by atoms with E-state index in [-0.39, 0.29) is 11.9 Å². The number of carbonyl (C=O) groups excluding carboxylic acids is 1. The topological polar surface area (TPSA) is 46.9 Å². The fraction of sp³-hybridized carbons (Fsp3) is 0.304. The molecule has 4 nitrogen and oxygen atoms in total. The van der Waals surface area contributed by atoms with E-state index >= 15 is 0 Å². The second kappa shape index (κ2) is 8.23. The van der Waals surface area contributed by atoms with Gasteiger partial charge in [-0.25, -0.2) is 4.68 Å². The average molecular weight is 392 g/mol. The molecule has 5 heteroatoms. The Morgan fingerprint density at radius 1 is 1.14 bits per heavy atom. The number of nitrogens with zero attached hydrogens (tertiary/aromatic N) is 2. The van der Waals surface area contributed by atoms with Gasteiger partial charge >= 0.3 is 0 Å². The van der Waals surface area contributed by atoms with Crippen LogP contribution in [0.2, 0.25) is 0 Å². The van der Waals surface area contributed by atoms with Gasteiger partial charge in [-0.15, -0.1) is 11.8 Å². The summed E-state index contributed by atoms with van der Waals surface area (Å²) in [5.41, 5.74) is 5.71. The fourth-order valence-electron chi connectivity index (χ4n) is 3.94. The molecule has 0 fully saturated rings. The van der Waals surface area contributed by atoms with Crippen LogP contribution in [0.25, 0.3) is 5.69 Å². The first kappa shape index (κ1) is 18.8. The Bertz CT molecular complexity index is 981. The number of benzene rings is 2. The molecule has 1 N–H and O–H groups in total. The van der Waals surface area contributed by atoms with E-state index in [4.69, 9.17) is 0 Å². The Labute approximate surface area is 170 Å². The molecule has 0 aliphatic heterocycles. The summed E-state index contributed by atoms with van der Waals surface area (Å²) < 4.78 is 1.95. The van der Waals surface area contributed by atoms with Crippen molar-refractivity contribution < 1.29 is 4.79 Å². The van der Waals surface area contributed by atoms with Gasteiger partial charge in [0.2, 0.25) is 5.91 Å². The molecular formula is C23H25N3OS. The molecule has 0 bridgehead atoms. The highest BCUT2D eigenvalue weighted by Crippen LogP contribution is 2.31. The summed E-state index contributed by atoms with van der Waals surface area (Å²) in [5.74, 6) is 0.485. The number of aromatic nitrogens is 2. The minimum Gasteiger partial charge on any atom is -0.349 e. The van der Waals surface area contributed by atoms with E-state index in [2.05, 4.69) is 41.6 Å². The van der Waals surface area contributed by atoms with Gasteiger partial charge in [0.1, 0.15) is 0 Å². The van der Waals surface area contributed by atoms with Gasteiger partial charge in [-0.05, 0) is 56.4 Å². The average Bonchev–Trinajstić information content (AvgIpc) is 3.01. The number of carbonyl (C=O) groups is 1. The van der Waals surface area contributed by atoms with E-state index in [1.165, 1.54) is 11.1 Å². The Kier molecular flexibility index (Phi) is 5.53. The van der Waals surface area contributed by atoms with Gasteiger partial charge in [0.05, 0.1) is 33.8 Å². The molecule has 1 aromatic heterocycles. The van der Waals surface area contributed by atoms with E-state index in [0.29, 0.717) is 5.75 Å². The standard InChI is InChI=1S/C23H25N3OS/c1-16-23(17(2)26(25-16)19-11-4-3-5-12-19)28-15-22(27)24-21-14-8-10-18-9-6-7-13-20(18)21/h3-7,9,11-13,21H,8,10,14-15H2,1-2H3,(H,24,27)/t21-/m1/s1. The maximum Gasteiger partial charge on any atom is 0.230 e. The van der Waals surface area contributed by atoms with Crippen molar-refractivity contribution in [3.8, 4) is 5.69 Å². The summed E-state index contributed by atoms with van der Waals surface area (Å²) in [4.78, 5) is 13.7. The third-order valence-electron chi connectivity index (χ3n) is 5.28. The zero-order chi connectivity index (χ0) is 19.5. The third kappa shape index (κ3) is 3.85. The number of amides is 1. The lowest BCUT2D eigenvalue weighted by molar-refractivity contribution is -0.119. The Morgan fingerprint density at radius 2 is 1.89 bits per heavy atom. The Morgan fingerprint density at radius 3 is 2.71 bits per heavy atom. The molecule has 1 aliphatic carbocycles. The first-order valence-corrected chi connectivity index (χ1v) is 10.7. The summed E-state index contributed by atoms with van der Waals surface area (Å²) in [6.45, 7) is 4.06. The minimum atomic E-state index is 0.0814. The number of para-hydroxylation sites is 1. The van der Waals surface area contributed by atoms with Crippen molar-refractivity contribution in [2.75, 3.05) is 5.75 Å². The quantitative estimate of drug-likeness (QED) is 0.637. The Hall–Kier alpha value is -2.53. The molecule has 1 aliphatic rings.